The Morgan fingerprint density at radius 1 is 1.29 bits per heavy atom. The molecule has 0 bridgehead atoms. The van der Waals surface area contributed by atoms with Crippen molar-refractivity contribution in [1.82, 2.24) is 4.90 Å². The summed E-state index contributed by atoms with van der Waals surface area (Å²) in [5.74, 6) is -0.121. The molecule has 0 unspecified atom stereocenters. The van der Waals surface area contributed by atoms with Gasteiger partial charge in [-0.15, -0.1) is 0 Å². The van der Waals surface area contributed by atoms with Gasteiger partial charge in [0.15, 0.2) is 0 Å². The smallest absolute Gasteiger partial charge is 0.311 e. The quantitative estimate of drug-likeness (QED) is 0.444. The first-order chi connectivity index (χ1) is 6.21. The van der Waals surface area contributed by atoms with E-state index in [1.807, 2.05) is 46.8 Å². The predicted octanol–water partition coefficient (Wildman–Crippen LogP) is 2.19. The lowest BCUT2D eigenvalue weighted by Gasteiger charge is -2.15. The van der Waals surface area contributed by atoms with Gasteiger partial charge in [0.1, 0.15) is 6.61 Å². The largest absolute Gasteiger partial charge is 0.464 e. The molecule has 0 spiro atoms. The topological polar surface area (TPSA) is 29.5 Å². The van der Waals surface area contributed by atoms with Gasteiger partial charge in [-0.1, -0.05) is 22.6 Å². The van der Waals surface area contributed by atoms with Crippen LogP contribution in [0.5, 0.6) is 0 Å². The third-order valence-electron chi connectivity index (χ3n) is 0.923. The number of nitrogens with zero attached hydrogens (tertiary/aromatic N) is 1. The molecule has 0 rings (SSSR count). The van der Waals surface area contributed by atoms with Crippen LogP contribution in [-0.2, 0) is 9.53 Å². The van der Waals surface area contributed by atoms with Gasteiger partial charge in [-0.05, 0) is 41.9 Å². The van der Waals surface area contributed by atoms with Gasteiger partial charge in [0.25, 0.3) is 0 Å². The van der Waals surface area contributed by atoms with Crippen LogP contribution >= 0.6 is 22.6 Å². The first-order valence-electron chi connectivity index (χ1n) is 4.56. The summed E-state index contributed by atoms with van der Waals surface area (Å²) in [4.78, 5) is 13.0. The van der Waals surface area contributed by atoms with Crippen LogP contribution in [0.2, 0.25) is 0 Å². The third-order valence-corrected chi connectivity index (χ3v) is 1.36. The van der Waals surface area contributed by atoms with E-state index in [9.17, 15) is 4.79 Å². The van der Waals surface area contributed by atoms with Crippen molar-refractivity contribution < 1.29 is 9.53 Å². The molecule has 0 fully saturated rings. The van der Waals surface area contributed by atoms with Gasteiger partial charge in [0.2, 0.25) is 0 Å². The molecule has 0 aromatic heterocycles. The Morgan fingerprint density at radius 3 is 1.86 bits per heavy atom. The highest BCUT2D eigenvalue weighted by atomic mass is 127. The highest BCUT2D eigenvalue weighted by Gasteiger charge is 2.22. The maximum atomic E-state index is 11.0. The van der Waals surface area contributed by atoms with Gasteiger partial charge in [0, 0.05) is 4.43 Å². The summed E-state index contributed by atoms with van der Waals surface area (Å²) in [6, 6.07) is 0. The Kier molecular flexibility index (Phi) is 10.0. The molecule has 0 saturated carbocycles. The molecule has 0 aliphatic carbocycles. The molecule has 0 atom stereocenters. The number of alkyl halides is 1. The number of hydrogen-bond donors (Lipinski definition) is 0. The van der Waals surface area contributed by atoms with Gasteiger partial charge in [-0.25, -0.2) is 0 Å². The van der Waals surface area contributed by atoms with Crippen molar-refractivity contribution in [2.75, 3.05) is 32.2 Å². The lowest BCUT2D eigenvalue weighted by Crippen LogP contribution is -2.23. The van der Waals surface area contributed by atoms with Crippen molar-refractivity contribution in [3.8, 4) is 0 Å². The van der Waals surface area contributed by atoms with Crippen molar-refractivity contribution in [3.05, 3.63) is 0 Å². The molecule has 3 nitrogen and oxygen atoms in total. The summed E-state index contributed by atoms with van der Waals surface area (Å²) < 4.78 is 5.77. The number of rotatable bonds is 2. The SMILES string of the molecule is CC(C)(C)C(=O)OCCI.CN(C)C. The first kappa shape index (κ1) is 16.6. The maximum absolute atomic E-state index is 11.0. The Labute approximate surface area is 101 Å². The highest BCUT2D eigenvalue weighted by molar-refractivity contribution is 14.1. The molecule has 0 aliphatic rings. The van der Waals surface area contributed by atoms with Crippen LogP contribution in [0.1, 0.15) is 20.8 Å². The zero-order valence-corrected chi connectivity index (χ0v) is 12.2. The van der Waals surface area contributed by atoms with Crippen molar-refractivity contribution in [1.29, 1.82) is 0 Å². The van der Waals surface area contributed by atoms with Crippen LogP contribution in [0.3, 0.4) is 0 Å². The molecular weight excluding hydrogens is 293 g/mol. The highest BCUT2D eigenvalue weighted by Crippen LogP contribution is 2.14. The van der Waals surface area contributed by atoms with Crippen molar-refractivity contribution in [2.24, 2.45) is 5.41 Å². The van der Waals surface area contributed by atoms with Crippen LogP contribution in [-0.4, -0.2) is 43.0 Å². The van der Waals surface area contributed by atoms with Gasteiger partial charge >= 0.3 is 5.97 Å². The van der Waals surface area contributed by atoms with E-state index in [4.69, 9.17) is 4.74 Å². The molecule has 0 N–H and O–H groups in total. The number of halogens is 1. The van der Waals surface area contributed by atoms with E-state index in [1.165, 1.54) is 0 Å². The van der Waals surface area contributed by atoms with E-state index in [1.54, 1.807) is 0 Å². The normalized spacial score (nSPS) is 10.6. The Morgan fingerprint density at radius 2 is 1.64 bits per heavy atom. The lowest BCUT2D eigenvalue weighted by molar-refractivity contribution is -0.152. The fourth-order valence-electron chi connectivity index (χ4n) is 0.348. The predicted molar refractivity (Wildman–Crippen MR) is 68.9 cm³/mol. The third kappa shape index (κ3) is 14.7. The van der Waals surface area contributed by atoms with Gasteiger partial charge in [0.05, 0.1) is 5.41 Å². The summed E-state index contributed by atoms with van der Waals surface area (Å²) >= 11 is 2.17. The van der Waals surface area contributed by atoms with E-state index < -0.39 is 0 Å². The summed E-state index contributed by atoms with van der Waals surface area (Å²) in [6.07, 6.45) is 0. The second kappa shape index (κ2) is 8.47. The van der Waals surface area contributed by atoms with Crippen LogP contribution in [0, 0.1) is 5.41 Å². The molecule has 0 aromatic carbocycles. The molecule has 14 heavy (non-hydrogen) atoms. The van der Waals surface area contributed by atoms with Crippen LogP contribution in [0.25, 0.3) is 0 Å². The van der Waals surface area contributed by atoms with Crippen LogP contribution in [0.4, 0.5) is 0 Å². The molecule has 0 saturated heterocycles. The summed E-state index contributed by atoms with van der Waals surface area (Å²) in [7, 11) is 6.00. The summed E-state index contributed by atoms with van der Waals surface area (Å²) in [5.41, 5.74) is -0.355. The number of carbonyl (C=O) groups excluding carboxylic acids is 1. The zero-order chi connectivity index (χ0) is 11.8. The Balaban J connectivity index is 0. The Hall–Kier alpha value is 0.160. The van der Waals surface area contributed by atoms with Gasteiger partial charge < -0.3 is 9.64 Å². The van der Waals surface area contributed by atoms with E-state index in [0.29, 0.717) is 6.61 Å². The van der Waals surface area contributed by atoms with E-state index in [-0.39, 0.29) is 11.4 Å². The minimum atomic E-state index is -0.355. The maximum Gasteiger partial charge on any atom is 0.311 e. The second-order valence-corrected chi connectivity index (χ2v) is 5.50. The number of hydrogen-bond acceptors (Lipinski definition) is 3. The molecule has 0 aliphatic heterocycles. The molecule has 4 heteroatoms. The minimum absolute atomic E-state index is 0.121. The van der Waals surface area contributed by atoms with Gasteiger partial charge in [-0.2, -0.15) is 0 Å². The van der Waals surface area contributed by atoms with Gasteiger partial charge in [-0.3, -0.25) is 4.79 Å². The van der Waals surface area contributed by atoms with Crippen LogP contribution in [0.15, 0.2) is 0 Å². The average Bonchev–Trinajstić information content (AvgIpc) is 1.97. The van der Waals surface area contributed by atoms with E-state index >= 15 is 0 Å². The molecule has 0 radical (unpaired) electrons. The molecule has 0 aromatic rings. The van der Waals surface area contributed by atoms with Crippen molar-refractivity contribution in [2.45, 2.75) is 20.8 Å². The Bertz CT molecular complexity index is 150. The summed E-state index contributed by atoms with van der Waals surface area (Å²) in [6.45, 7) is 6.07. The minimum Gasteiger partial charge on any atom is -0.464 e. The lowest BCUT2D eigenvalue weighted by atomic mass is 9.97. The fourth-order valence-corrected chi connectivity index (χ4v) is 0.568. The number of carbonyl (C=O) groups is 1. The summed E-state index contributed by atoms with van der Waals surface area (Å²) in [5, 5.41) is 0. The average molecular weight is 315 g/mol. The number of ether oxygens (including phenoxy) is 1. The standard InChI is InChI=1S/C7H13IO2.C3H9N/c1-7(2,3)6(9)10-5-4-8;1-4(2)3/h4-5H2,1-3H3;1-3H3. The number of esters is 1. The van der Waals surface area contributed by atoms with Crippen molar-refractivity contribution >= 4 is 28.6 Å². The van der Waals surface area contributed by atoms with E-state index in [0.717, 1.165) is 4.43 Å². The molecular formula is C10H22INO2. The monoisotopic (exact) mass is 315 g/mol. The first-order valence-corrected chi connectivity index (χ1v) is 6.08. The molecule has 86 valence electrons. The van der Waals surface area contributed by atoms with Crippen molar-refractivity contribution in [3.63, 3.8) is 0 Å². The van der Waals surface area contributed by atoms with Crippen LogP contribution < -0.4 is 0 Å². The zero-order valence-electron chi connectivity index (χ0n) is 10.1. The molecule has 0 heterocycles. The second-order valence-electron chi connectivity index (χ2n) is 4.42. The van der Waals surface area contributed by atoms with E-state index in [2.05, 4.69) is 22.6 Å². The molecule has 0 amide bonds. The fraction of sp³-hybridized carbons (Fsp3) is 0.900.